The molecule has 112 valence electrons. The van der Waals surface area contributed by atoms with Crippen molar-refractivity contribution in [2.75, 3.05) is 31.6 Å². The summed E-state index contributed by atoms with van der Waals surface area (Å²) in [4.78, 5) is 12.5. The first-order chi connectivity index (χ1) is 10.2. The fourth-order valence-electron chi connectivity index (χ4n) is 2.80. The number of hydrogen-bond acceptors (Lipinski definition) is 5. The van der Waals surface area contributed by atoms with E-state index in [-0.39, 0.29) is 11.3 Å². The summed E-state index contributed by atoms with van der Waals surface area (Å²) in [5, 5.41) is 23.1. The highest BCUT2D eigenvalue weighted by molar-refractivity contribution is 5.60. The molecule has 0 radical (unpaired) electrons. The molecule has 0 amide bonds. The third-order valence-corrected chi connectivity index (χ3v) is 4.08. The van der Waals surface area contributed by atoms with Crippen LogP contribution in [-0.4, -0.2) is 31.6 Å². The second kappa shape index (κ2) is 7.04. The van der Waals surface area contributed by atoms with Gasteiger partial charge in [-0.25, -0.2) is 0 Å². The van der Waals surface area contributed by atoms with Crippen molar-refractivity contribution in [2.24, 2.45) is 5.92 Å². The number of nitriles is 1. The molecule has 0 spiro atoms. The summed E-state index contributed by atoms with van der Waals surface area (Å²) < 4.78 is 0. The van der Waals surface area contributed by atoms with E-state index in [4.69, 9.17) is 5.26 Å². The van der Waals surface area contributed by atoms with Crippen LogP contribution in [-0.2, 0) is 0 Å². The predicted octanol–water partition coefficient (Wildman–Crippen LogP) is 2.29. The largest absolute Gasteiger partial charge is 0.371 e. The van der Waals surface area contributed by atoms with E-state index in [9.17, 15) is 10.1 Å². The molecule has 0 aromatic heterocycles. The van der Waals surface area contributed by atoms with E-state index in [2.05, 4.69) is 10.2 Å². The number of nitrogens with zero attached hydrogens (tertiary/aromatic N) is 3. The Hall–Kier alpha value is -2.13. The Morgan fingerprint density at radius 2 is 2.19 bits per heavy atom. The van der Waals surface area contributed by atoms with Crippen LogP contribution in [0.2, 0.25) is 0 Å². The Labute approximate surface area is 124 Å². The van der Waals surface area contributed by atoms with E-state index in [0.717, 1.165) is 44.1 Å². The summed E-state index contributed by atoms with van der Waals surface area (Å²) in [6.45, 7) is 2.93. The van der Waals surface area contributed by atoms with E-state index in [1.165, 1.54) is 12.5 Å². The van der Waals surface area contributed by atoms with Gasteiger partial charge in [-0.3, -0.25) is 10.1 Å². The van der Waals surface area contributed by atoms with Crippen molar-refractivity contribution in [3.05, 3.63) is 33.9 Å². The maximum absolute atomic E-state index is 10.8. The molecule has 1 aromatic rings. The van der Waals surface area contributed by atoms with Crippen LogP contribution in [0.15, 0.2) is 18.2 Å². The molecule has 1 heterocycles. The first-order valence-electron chi connectivity index (χ1n) is 7.23. The van der Waals surface area contributed by atoms with E-state index in [1.54, 1.807) is 12.1 Å². The number of hydrogen-bond donors (Lipinski definition) is 1. The summed E-state index contributed by atoms with van der Waals surface area (Å²) in [5.41, 5.74) is 0.921. The molecule has 1 N–H and O–H groups in total. The van der Waals surface area contributed by atoms with Gasteiger partial charge in [0.1, 0.15) is 11.6 Å². The van der Waals surface area contributed by atoms with Gasteiger partial charge >= 0.3 is 0 Å². The SMILES string of the molecule is CNCCC1CCN(c2ccc([N+](=O)[O-])c(C#N)c2)CC1. The molecule has 0 saturated carbocycles. The van der Waals surface area contributed by atoms with Crippen LogP contribution in [0.3, 0.4) is 0 Å². The Morgan fingerprint density at radius 3 is 2.76 bits per heavy atom. The fourth-order valence-corrected chi connectivity index (χ4v) is 2.80. The molecule has 2 rings (SSSR count). The van der Waals surface area contributed by atoms with Crippen LogP contribution >= 0.6 is 0 Å². The van der Waals surface area contributed by atoms with Crippen molar-refractivity contribution >= 4 is 11.4 Å². The number of benzene rings is 1. The van der Waals surface area contributed by atoms with E-state index >= 15 is 0 Å². The third kappa shape index (κ3) is 3.70. The number of anilines is 1. The summed E-state index contributed by atoms with van der Waals surface area (Å²) in [5.74, 6) is 0.738. The van der Waals surface area contributed by atoms with Crippen molar-refractivity contribution in [3.8, 4) is 6.07 Å². The van der Waals surface area contributed by atoms with Crippen LogP contribution in [0.5, 0.6) is 0 Å². The molecule has 0 unspecified atom stereocenters. The van der Waals surface area contributed by atoms with Crippen LogP contribution in [0, 0.1) is 27.4 Å². The number of nitro groups is 1. The molecule has 21 heavy (non-hydrogen) atoms. The first kappa shape index (κ1) is 15.3. The van der Waals surface area contributed by atoms with Crippen LogP contribution in [0.1, 0.15) is 24.8 Å². The first-order valence-corrected chi connectivity index (χ1v) is 7.23. The molecule has 1 aliphatic heterocycles. The van der Waals surface area contributed by atoms with Crippen LogP contribution < -0.4 is 10.2 Å². The van der Waals surface area contributed by atoms with Crippen LogP contribution in [0.4, 0.5) is 11.4 Å². The number of nitrogens with one attached hydrogen (secondary N) is 1. The second-order valence-electron chi connectivity index (χ2n) is 5.39. The molecule has 0 atom stereocenters. The van der Waals surface area contributed by atoms with Gasteiger partial charge in [0.05, 0.1) is 4.92 Å². The summed E-state index contributed by atoms with van der Waals surface area (Å²) >= 11 is 0. The molecular weight excluding hydrogens is 268 g/mol. The lowest BCUT2D eigenvalue weighted by molar-refractivity contribution is -0.385. The van der Waals surface area contributed by atoms with Gasteiger partial charge in [-0.15, -0.1) is 0 Å². The lowest BCUT2D eigenvalue weighted by Crippen LogP contribution is -2.34. The Bertz CT molecular complexity index is 545. The maximum Gasteiger partial charge on any atom is 0.287 e. The van der Waals surface area contributed by atoms with Crippen molar-refractivity contribution in [3.63, 3.8) is 0 Å². The van der Waals surface area contributed by atoms with Gasteiger partial charge in [0.15, 0.2) is 0 Å². The maximum atomic E-state index is 10.8. The van der Waals surface area contributed by atoms with Crippen molar-refractivity contribution in [2.45, 2.75) is 19.3 Å². The monoisotopic (exact) mass is 288 g/mol. The minimum Gasteiger partial charge on any atom is -0.371 e. The van der Waals surface area contributed by atoms with E-state index < -0.39 is 4.92 Å². The number of piperidine rings is 1. The minimum atomic E-state index is -0.508. The average Bonchev–Trinajstić information content (AvgIpc) is 2.52. The Morgan fingerprint density at radius 1 is 1.48 bits per heavy atom. The highest BCUT2D eigenvalue weighted by Gasteiger charge is 2.21. The molecular formula is C15H20N4O2. The van der Waals surface area contributed by atoms with Gasteiger partial charge in [-0.05, 0) is 50.9 Å². The summed E-state index contributed by atoms with van der Waals surface area (Å²) in [6.07, 6.45) is 3.44. The van der Waals surface area contributed by atoms with E-state index in [0.29, 0.717) is 0 Å². The Kier molecular flexibility index (Phi) is 5.12. The molecule has 0 bridgehead atoms. The highest BCUT2D eigenvalue weighted by atomic mass is 16.6. The molecule has 1 aliphatic rings. The summed E-state index contributed by atoms with van der Waals surface area (Å²) in [6, 6.07) is 6.72. The predicted molar refractivity (Wildman–Crippen MR) is 81.3 cm³/mol. The smallest absolute Gasteiger partial charge is 0.287 e. The van der Waals surface area contributed by atoms with Gasteiger partial charge in [-0.2, -0.15) is 5.26 Å². The zero-order valence-corrected chi connectivity index (χ0v) is 12.2. The standard InChI is InChI=1S/C15H20N4O2/c1-17-7-4-12-5-8-18(9-6-12)14-2-3-15(19(20)21)13(10-14)11-16/h2-3,10,12,17H,4-9H2,1H3. The van der Waals surface area contributed by atoms with Crippen LogP contribution in [0.25, 0.3) is 0 Å². The highest BCUT2D eigenvalue weighted by Crippen LogP contribution is 2.28. The molecule has 1 saturated heterocycles. The number of rotatable bonds is 5. The topological polar surface area (TPSA) is 82.2 Å². The van der Waals surface area contributed by atoms with Gasteiger partial charge in [-0.1, -0.05) is 0 Å². The molecule has 0 aliphatic carbocycles. The molecule has 1 aromatic carbocycles. The lowest BCUT2D eigenvalue weighted by Gasteiger charge is -2.33. The van der Waals surface area contributed by atoms with Gasteiger partial charge in [0.2, 0.25) is 0 Å². The molecule has 6 heteroatoms. The van der Waals surface area contributed by atoms with Crippen molar-refractivity contribution in [1.29, 1.82) is 5.26 Å². The zero-order valence-electron chi connectivity index (χ0n) is 12.2. The van der Waals surface area contributed by atoms with E-state index in [1.807, 2.05) is 13.1 Å². The summed E-state index contributed by atoms with van der Waals surface area (Å²) in [7, 11) is 1.97. The normalized spacial score (nSPS) is 15.7. The quantitative estimate of drug-likeness (QED) is 0.664. The van der Waals surface area contributed by atoms with Gasteiger partial charge in [0, 0.05) is 24.8 Å². The minimum absolute atomic E-state index is 0.120. The lowest BCUT2D eigenvalue weighted by atomic mass is 9.93. The Balaban J connectivity index is 2.04. The number of nitro benzene ring substituents is 1. The van der Waals surface area contributed by atoms with Gasteiger partial charge < -0.3 is 10.2 Å². The van der Waals surface area contributed by atoms with Crippen molar-refractivity contribution in [1.82, 2.24) is 5.32 Å². The molecule has 1 fully saturated rings. The average molecular weight is 288 g/mol. The van der Waals surface area contributed by atoms with Gasteiger partial charge in [0.25, 0.3) is 5.69 Å². The third-order valence-electron chi connectivity index (χ3n) is 4.08. The zero-order chi connectivity index (χ0) is 15.2. The van der Waals surface area contributed by atoms with Crippen molar-refractivity contribution < 1.29 is 4.92 Å². The second-order valence-corrected chi connectivity index (χ2v) is 5.39. The molecule has 6 nitrogen and oxygen atoms in total. The fraction of sp³-hybridized carbons (Fsp3) is 0.533.